The van der Waals surface area contributed by atoms with E-state index < -0.39 is 11.9 Å². The predicted octanol–water partition coefficient (Wildman–Crippen LogP) is 5.04. The third-order valence-electron chi connectivity index (χ3n) is 6.75. The fraction of sp³-hybridized carbons (Fsp3) is 0.357. The molecule has 0 fully saturated rings. The minimum absolute atomic E-state index is 0.205. The van der Waals surface area contributed by atoms with Crippen LogP contribution in [0.3, 0.4) is 0 Å². The van der Waals surface area contributed by atoms with Gasteiger partial charge in [-0.3, -0.25) is 9.78 Å². The zero-order valence-corrected chi connectivity index (χ0v) is 19.6. The van der Waals surface area contributed by atoms with E-state index in [1.165, 1.54) is 22.3 Å². The number of pyridine rings is 1. The highest BCUT2D eigenvalue weighted by molar-refractivity contribution is 5.75. The number of hydrogen-bond acceptors (Lipinski definition) is 4. The molecule has 0 bridgehead atoms. The lowest BCUT2D eigenvalue weighted by Gasteiger charge is -2.33. The van der Waals surface area contributed by atoms with Gasteiger partial charge in [0.2, 0.25) is 0 Å². The zero-order chi connectivity index (χ0) is 23.4. The molecule has 0 amide bonds. The number of carboxylic acids is 1. The van der Waals surface area contributed by atoms with Crippen LogP contribution in [0.1, 0.15) is 52.4 Å². The maximum atomic E-state index is 11.4. The molecule has 2 aromatic carbocycles. The molecule has 4 rings (SSSR count). The number of carbonyl (C=O) groups is 1. The van der Waals surface area contributed by atoms with Crippen molar-refractivity contribution in [1.29, 1.82) is 0 Å². The summed E-state index contributed by atoms with van der Waals surface area (Å²) in [7, 11) is 0. The Kier molecular flexibility index (Phi) is 7.09. The standard InChI is InChI=1S/C28H33N3O2/c1-18-13-25-26(30-16-18)15-24(17-31-25)27(21-7-5-4-6-8-21)29-12-11-22-14-23(10-9-19(22)2)20(3)28(32)33/h4-10,13-14,16,20,24,27,29,31H,11-12,15,17H2,1-3H3,(H,32,33)/t20-,24+,27+/m0/s1. The first kappa shape index (κ1) is 23.0. The summed E-state index contributed by atoms with van der Waals surface area (Å²) in [5, 5.41) is 16.8. The van der Waals surface area contributed by atoms with Crippen LogP contribution in [-0.2, 0) is 17.6 Å². The molecule has 2 heterocycles. The Morgan fingerprint density at radius 2 is 1.94 bits per heavy atom. The van der Waals surface area contributed by atoms with Gasteiger partial charge in [-0.15, -0.1) is 0 Å². The molecule has 0 aliphatic carbocycles. The second-order valence-corrected chi connectivity index (χ2v) is 9.19. The fourth-order valence-electron chi connectivity index (χ4n) is 4.66. The maximum absolute atomic E-state index is 11.4. The van der Waals surface area contributed by atoms with Crippen molar-refractivity contribution in [3.05, 3.63) is 94.3 Å². The topological polar surface area (TPSA) is 74.2 Å². The molecule has 1 aliphatic heterocycles. The van der Waals surface area contributed by atoms with Crippen molar-refractivity contribution in [3.63, 3.8) is 0 Å². The Hall–Kier alpha value is -3.18. The monoisotopic (exact) mass is 443 g/mol. The number of aromatic nitrogens is 1. The van der Waals surface area contributed by atoms with Crippen molar-refractivity contribution in [2.24, 2.45) is 5.92 Å². The summed E-state index contributed by atoms with van der Waals surface area (Å²) in [5.41, 5.74) is 7.99. The summed E-state index contributed by atoms with van der Waals surface area (Å²) < 4.78 is 0. The van der Waals surface area contributed by atoms with Crippen LogP contribution < -0.4 is 10.6 Å². The molecule has 0 unspecified atom stereocenters. The fourth-order valence-corrected chi connectivity index (χ4v) is 4.66. The quantitative estimate of drug-likeness (QED) is 0.455. The van der Waals surface area contributed by atoms with E-state index in [2.05, 4.69) is 71.9 Å². The molecule has 0 saturated heterocycles. The smallest absolute Gasteiger partial charge is 0.310 e. The number of anilines is 1. The Balaban J connectivity index is 1.49. The van der Waals surface area contributed by atoms with Gasteiger partial charge < -0.3 is 15.7 Å². The summed E-state index contributed by atoms with van der Waals surface area (Å²) in [5.74, 6) is -0.908. The third-order valence-corrected chi connectivity index (χ3v) is 6.75. The molecule has 3 aromatic rings. The van der Waals surface area contributed by atoms with E-state index in [1.807, 2.05) is 18.3 Å². The van der Waals surface area contributed by atoms with Crippen LogP contribution in [0, 0.1) is 19.8 Å². The van der Waals surface area contributed by atoms with Gasteiger partial charge in [0.1, 0.15) is 0 Å². The summed E-state index contributed by atoms with van der Waals surface area (Å²) in [6.07, 6.45) is 3.73. The molecule has 0 radical (unpaired) electrons. The lowest BCUT2D eigenvalue weighted by molar-refractivity contribution is -0.138. The minimum Gasteiger partial charge on any atom is -0.481 e. The molecule has 5 nitrogen and oxygen atoms in total. The number of aliphatic carboxylic acids is 1. The number of benzene rings is 2. The van der Waals surface area contributed by atoms with E-state index in [0.717, 1.165) is 42.9 Å². The number of carboxylic acid groups (broad SMARTS) is 1. The molecule has 0 spiro atoms. The summed E-state index contributed by atoms with van der Waals surface area (Å²) in [4.78, 5) is 16.1. The molecule has 3 atom stereocenters. The van der Waals surface area contributed by atoms with Gasteiger partial charge in [-0.05, 0) is 74.0 Å². The normalized spacial score (nSPS) is 17.0. The number of rotatable bonds is 8. The van der Waals surface area contributed by atoms with Crippen LogP contribution >= 0.6 is 0 Å². The second kappa shape index (κ2) is 10.2. The summed E-state index contributed by atoms with van der Waals surface area (Å²) in [6.45, 7) is 7.62. The van der Waals surface area contributed by atoms with Crippen molar-refractivity contribution in [2.45, 2.75) is 45.6 Å². The van der Waals surface area contributed by atoms with Crippen molar-refractivity contribution >= 4 is 11.7 Å². The number of nitrogens with zero attached hydrogens (tertiary/aromatic N) is 1. The van der Waals surface area contributed by atoms with Gasteiger partial charge in [-0.2, -0.15) is 0 Å². The van der Waals surface area contributed by atoms with Crippen molar-refractivity contribution < 1.29 is 9.90 Å². The number of fused-ring (bicyclic) bond motifs is 1. The van der Waals surface area contributed by atoms with Gasteiger partial charge >= 0.3 is 5.97 Å². The van der Waals surface area contributed by atoms with Crippen LogP contribution in [0.25, 0.3) is 0 Å². The van der Waals surface area contributed by atoms with Gasteiger partial charge in [-0.25, -0.2) is 0 Å². The van der Waals surface area contributed by atoms with E-state index >= 15 is 0 Å². The molecular weight excluding hydrogens is 410 g/mol. The van der Waals surface area contributed by atoms with Gasteiger partial charge in [0, 0.05) is 24.7 Å². The molecule has 1 aromatic heterocycles. The lowest BCUT2D eigenvalue weighted by Crippen LogP contribution is -2.37. The minimum atomic E-state index is -0.791. The van der Waals surface area contributed by atoms with E-state index in [4.69, 9.17) is 0 Å². The Labute approximate surface area is 196 Å². The number of hydrogen-bond donors (Lipinski definition) is 3. The van der Waals surface area contributed by atoms with Gasteiger partial charge in [0.25, 0.3) is 0 Å². The maximum Gasteiger partial charge on any atom is 0.310 e. The Bertz CT molecular complexity index is 1110. The number of aryl methyl sites for hydroxylation is 2. The zero-order valence-electron chi connectivity index (χ0n) is 19.6. The summed E-state index contributed by atoms with van der Waals surface area (Å²) >= 11 is 0. The van der Waals surface area contributed by atoms with Crippen LogP contribution in [0.4, 0.5) is 5.69 Å². The summed E-state index contributed by atoms with van der Waals surface area (Å²) in [6, 6.07) is 19.0. The third kappa shape index (κ3) is 5.42. The highest BCUT2D eigenvalue weighted by atomic mass is 16.4. The van der Waals surface area contributed by atoms with Gasteiger partial charge in [0.05, 0.1) is 17.3 Å². The van der Waals surface area contributed by atoms with E-state index in [9.17, 15) is 9.90 Å². The van der Waals surface area contributed by atoms with E-state index in [0.29, 0.717) is 5.92 Å². The van der Waals surface area contributed by atoms with Crippen molar-refractivity contribution in [3.8, 4) is 0 Å². The largest absolute Gasteiger partial charge is 0.481 e. The predicted molar refractivity (Wildman–Crippen MR) is 133 cm³/mol. The highest BCUT2D eigenvalue weighted by Gasteiger charge is 2.28. The van der Waals surface area contributed by atoms with E-state index in [1.54, 1.807) is 6.92 Å². The molecule has 5 heteroatoms. The first-order chi connectivity index (χ1) is 15.9. The number of nitrogens with one attached hydrogen (secondary N) is 2. The first-order valence-corrected chi connectivity index (χ1v) is 11.7. The van der Waals surface area contributed by atoms with Crippen LogP contribution in [0.2, 0.25) is 0 Å². The Morgan fingerprint density at radius 3 is 2.70 bits per heavy atom. The van der Waals surface area contributed by atoms with Crippen LogP contribution in [-0.4, -0.2) is 29.1 Å². The second-order valence-electron chi connectivity index (χ2n) is 9.19. The SMILES string of the molecule is Cc1cnc2c(c1)NC[C@H]([C@H](NCCc1cc([C@H](C)C(=O)O)ccc1C)c1ccccc1)C2. The highest BCUT2D eigenvalue weighted by Crippen LogP contribution is 2.32. The molecule has 33 heavy (non-hydrogen) atoms. The molecule has 3 N–H and O–H groups in total. The van der Waals surface area contributed by atoms with Gasteiger partial charge in [0.15, 0.2) is 0 Å². The van der Waals surface area contributed by atoms with E-state index in [-0.39, 0.29) is 6.04 Å². The molecule has 0 saturated carbocycles. The van der Waals surface area contributed by atoms with Crippen LogP contribution in [0.15, 0.2) is 60.8 Å². The molecule has 172 valence electrons. The molecular formula is C28H33N3O2. The first-order valence-electron chi connectivity index (χ1n) is 11.7. The average Bonchev–Trinajstić information content (AvgIpc) is 2.82. The van der Waals surface area contributed by atoms with Crippen molar-refractivity contribution in [2.75, 3.05) is 18.4 Å². The van der Waals surface area contributed by atoms with Crippen molar-refractivity contribution in [1.82, 2.24) is 10.3 Å². The Morgan fingerprint density at radius 1 is 1.15 bits per heavy atom. The average molecular weight is 444 g/mol. The lowest BCUT2D eigenvalue weighted by atomic mass is 9.86. The van der Waals surface area contributed by atoms with Gasteiger partial charge in [-0.1, -0.05) is 48.5 Å². The van der Waals surface area contributed by atoms with Crippen LogP contribution in [0.5, 0.6) is 0 Å². The molecule has 1 aliphatic rings.